The fraction of sp³-hybridized carbons (Fsp3) is 0.120. The van der Waals surface area contributed by atoms with Gasteiger partial charge in [0.05, 0.1) is 17.4 Å². The largest absolute Gasteiger partial charge is 0.437 e. The van der Waals surface area contributed by atoms with Crippen molar-refractivity contribution in [3.63, 3.8) is 0 Å². The third-order valence-corrected chi connectivity index (χ3v) is 5.81. The number of pyridine rings is 2. The average molecular weight is 458 g/mol. The van der Waals surface area contributed by atoms with E-state index >= 15 is 0 Å². The molecule has 5 rings (SSSR count). The van der Waals surface area contributed by atoms with Crippen molar-refractivity contribution in [1.29, 1.82) is 0 Å². The number of hydrogen-bond acceptors (Lipinski definition) is 6. The van der Waals surface area contributed by atoms with Crippen LogP contribution in [0.4, 0.5) is 5.82 Å². The first kappa shape index (κ1) is 20.9. The summed E-state index contributed by atoms with van der Waals surface area (Å²) in [6, 6.07) is 15.0. The zero-order valence-electron chi connectivity index (χ0n) is 17.8. The van der Waals surface area contributed by atoms with Crippen molar-refractivity contribution in [2.75, 3.05) is 5.73 Å². The number of ether oxygens (including phenoxy) is 1. The maximum atomic E-state index is 12.7. The highest BCUT2D eigenvalue weighted by Crippen LogP contribution is 2.30. The first-order chi connectivity index (χ1) is 16.0. The Morgan fingerprint density at radius 1 is 1.09 bits per heavy atom. The van der Waals surface area contributed by atoms with Crippen LogP contribution in [-0.4, -0.2) is 25.3 Å². The third kappa shape index (κ3) is 4.23. The van der Waals surface area contributed by atoms with Gasteiger partial charge in [-0.1, -0.05) is 29.8 Å². The molecule has 8 heteroatoms. The fourth-order valence-electron chi connectivity index (χ4n) is 3.75. The van der Waals surface area contributed by atoms with Gasteiger partial charge < -0.3 is 15.0 Å². The number of nitrogens with zero attached hydrogens (tertiary/aromatic N) is 4. The van der Waals surface area contributed by atoms with Gasteiger partial charge in [0.15, 0.2) is 5.78 Å². The topological polar surface area (TPSA) is 95.9 Å². The number of halogens is 1. The summed E-state index contributed by atoms with van der Waals surface area (Å²) in [4.78, 5) is 25.4. The molecule has 0 aliphatic heterocycles. The van der Waals surface area contributed by atoms with E-state index in [0.717, 1.165) is 27.4 Å². The molecule has 0 atom stereocenters. The number of carbonyl (C=O) groups excluding carboxylic acids is 1. The number of nitrogen functional groups attached to an aromatic ring is 1. The molecule has 0 amide bonds. The number of imidazole rings is 1. The summed E-state index contributed by atoms with van der Waals surface area (Å²) >= 11 is 6.37. The summed E-state index contributed by atoms with van der Waals surface area (Å²) in [6.07, 6.45) is 5.84. The predicted molar refractivity (Wildman–Crippen MR) is 129 cm³/mol. The molecule has 3 aromatic heterocycles. The molecular formula is C25H20ClN5O2. The van der Waals surface area contributed by atoms with E-state index in [1.807, 2.05) is 54.1 Å². The maximum Gasteiger partial charge on any atom is 0.238 e. The summed E-state index contributed by atoms with van der Waals surface area (Å²) < 4.78 is 7.75. The van der Waals surface area contributed by atoms with Crippen LogP contribution in [0.5, 0.6) is 11.6 Å². The first-order valence-electron chi connectivity index (χ1n) is 10.4. The minimum atomic E-state index is -0.0415. The minimum absolute atomic E-state index is 0.0415. The molecule has 0 aliphatic rings. The van der Waals surface area contributed by atoms with Crippen LogP contribution in [0, 0.1) is 0 Å². The van der Waals surface area contributed by atoms with Crippen LogP contribution >= 0.6 is 11.6 Å². The molecule has 0 radical (unpaired) electrons. The lowest BCUT2D eigenvalue weighted by atomic mass is 10.0. The SMILES string of the molecule is Cn1cnc2cc(Oc3ncc(C(=O)CCc4ccc5c(N)nccc5c4)cc3Cl)ccc21. The van der Waals surface area contributed by atoms with Crippen molar-refractivity contribution in [1.82, 2.24) is 19.5 Å². The fourth-order valence-corrected chi connectivity index (χ4v) is 3.96. The van der Waals surface area contributed by atoms with E-state index in [2.05, 4.69) is 15.0 Å². The van der Waals surface area contributed by atoms with E-state index in [0.29, 0.717) is 30.0 Å². The molecule has 3 heterocycles. The zero-order chi connectivity index (χ0) is 22.9. The molecule has 0 fully saturated rings. The maximum absolute atomic E-state index is 12.7. The number of Topliss-reactive ketones (excluding diaryl/α,β-unsaturated/α-hetero) is 1. The Kier molecular flexibility index (Phi) is 5.40. The van der Waals surface area contributed by atoms with Gasteiger partial charge in [-0.15, -0.1) is 0 Å². The average Bonchev–Trinajstić information content (AvgIpc) is 3.19. The standard InChI is InChI=1S/C25H20ClN5O2/c1-31-14-30-21-12-18(4-6-22(21)31)33-25-20(26)11-17(13-29-25)23(32)7-3-15-2-5-19-16(10-15)8-9-28-24(19)27/h2,4-6,8-14H,3,7H2,1H3,(H2,27,28). The van der Waals surface area contributed by atoms with Gasteiger partial charge in [-0.3, -0.25) is 4.79 Å². The summed E-state index contributed by atoms with van der Waals surface area (Å²) in [5, 5.41) is 2.18. The highest BCUT2D eigenvalue weighted by molar-refractivity contribution is 6.32. The Balaban J connectivity index is 1.27. The number of fused-ring (bicyclic) bond motifs is 2. The van der Waals surface area contributed by atoms with Crippen LogP contribution in [0.15, 0.2) is 67.3 Å². The van der Waals surface area contributed by atoms with E-state index in [1.54, 1.807) is 18.6 Å². The highest BCUT2D eigenvalue weighted by Gasteiger charge is 2.13. The Morgan fingerprint density at radius 2 is 1.97 bits per heavy atom. The molecular weight excluding hydrogens is 438 g/mol. The highest BCUT2D eigenvalue weighted by atomic mass is 35.5. The molecule has 0 bridgehead atoms. The monoisotopic (exact) mass is 457 g/mol. The number of ketones is 1. The van der Waals surface area contributed by atoms with E-state index in [4.69, 9.17) is 22.1 Å². The first-order valence-corrected chi connectivity index (χ1v) is 10.8. The summed E-state index contributed by atoms with van der Waals surface area (Å²) in [7, 11) is 1.93. The normalized spacial score (nSPS) is 11.2. The molecule has 7 nitrogen and oxygen atoms in total. The molecule has 0 aliphatic carbocycles. The second-order valence-corrected chi connectivity index (χ2v) is 8.20. The number of aryl methyl sites for hydroxylation is 2. The van der Waals surface area contributed by atoms with Crippen molar-refractivity contribution in [3.8, 4) is 11.6 Å². The number of anilines is 1. The lowest BCUT2D eigenvalue weighted by Gasteiger charge is -2.09. The van der Waals surface area contributed by atoms with E-state index in [9.17, 15) is 4.79 Å². The van der Waals surface area contributed by atoms with Gasteiger partial charge >= 0.3 is 0 Å². The Morgan fingerprint density at radius 3 is 2.82 bits per heavy atom. The molecule has 2 aromatic carbocycles. The third-order valence-electron chi connectivity index (χ3n) is 5.54. The number of carbonyl (C=O) groups is 1. The van der Waals surface area contributed by atoms with Crippen molar-refractivity contribution >= 4 is 45.0 Å². The summed E-state index contributed by atoms with van der Waals surface area (Å²) in [6.45, 7) is 0. The van der Waals surface area contributed by atoms with Crippen LogP contribution in [-0.2, 0) is 13.5 Å². The number of nitrogens with two attached hydrogens (primary N) is 1. The quantitative estimate of drug-likeness (QED) is 0.345. The number of rotatable bonds is 6. The second-order valence-electron chi connectivity index (χ2n) is 7.79. The Labute approximate surface area is 194 Å². The van der Waals surface area contributed by atoms with Crippen LogP contribution in [0.25, 0.3) is 21.8 Å². The second kappa shape index (κ2) is 8.52. The van der Waals surface area contributed by atoms with Gasteiger partial charge in [0.2, 0.25) is 5.88 Å². The molecule has 5 aromatic rings. The van der Waals surface area contributed by atoms with Gasteiger partial charge in [-0.05, 0) is 41.6 Å². The number of aromatic nitrogens is 4. The lowest BCUT2D eigenvalue weighted by Crippen LogP contribution is -2.03. The van der Waals surface area contributed by atoms with E-state index in [1.165, 1.54) is 6.20 Å². The van der Waals surface area contributed by atoms with Crippen LogP contribution in [0.2, 0.25) is 5.02 Å². The number of benzene rings is 2. The van der Waals surface area contributed by atoms with Crippen LogP contribution in [0.3, 0.4) is 0 Å². The van der Waals surface area contributed by atoms with Gasteiger partial charge in [-0.25, -0.2) is 15.0 Å². The van der Waals surface area contributed by atoms with Crippen molar-refractivity contribution in [2.24, 2.45) is 7.05 Å². The number of hydrogen-bond donors (Lipinski definition) is 1. The molecule has 2 N–H and O–H groups in total. The Hall–Kier alpha value is -3.97. The molecule has 33 heavy (non-hydrogen) atoms. The minimum Gasteiger partial charge on any atom is -0.437 e. The smallest absolute Gasteiger partial charge is 0.238 e. The van der Waals surface area contributed by atoms with Crippen molar-refractivity contribution in [2.45, 2.75) is 12.8 Å². The van der Waals surface area contributed by atoms with E-state index < -0.39 is 0 Å². The van der Waals surface area contributed by atoms with Gasteiger partial charge in [0.1, 0.15) is 16.6 Å². The molecule has 0 saturated heterocycles. The van der Waals surface area contributed by atoms with Crippen molar-refractivity contribution < 1.29 is 9.53 Å². The summed E-state index contributed by atoms with van der Waals surface area (Å²) in [5.74, 6) is 1.27. The van der Waals surface area contributed by atoms with Crippen molar-refractivity contribution in [3.05, 3.63) is 83.4 Å². The molecule has 0 saturated carbocycles. The lowest BCUT2D eigenvalue weighted by molar-refractivity contribution is 0.0982. The predicted octanol–water partition coefficient (Wildman–Crippen LogP) is 5.36. The molecule has 0 spiro atoms. The van der Waals surface area contributed by atoms with E-state index in [-0.39, 0.29) is 16.7 Å². The molecule has 164 valence electrons. The van der Waals surface area contributed by atoms with Crippen LogP contribution in [0.1, 0.15) is 22.3 Å². The summed E-state index contributed by atoms with van der Waals surface area (Å²) in [5.41, 5.74) is 9.20. The molecule has 0 unspecified atom stereocenters. The van der Waals surface area contributed by atoms with Gasteiger partial charge in [-0.2, -0.15) is 0 Å². The van der Waals surface area contributed by atoms with Gasteiger partial charge in [0.25, 0.3) is 0 Å². The zero-order valence-corrected chi connectivity index (χ0v) is 18.6. The Bertz CT molecular complexity index is 1510. The van der Waals surface area contributed by atoms with Gasteiger partial charge in [0, 0.05) is 42.9 Å². The van der Waals surface area contributed by atoms with Crippen LogP contribution < -0.4 is 10.5 Å².